The number of aryl methyl sites for hydroxylation is 1. The molecule has 0 bridgehead atoms. The number of carbonyl (C=O) groups is 1. The number of nitrogens with one attached hydrogen (secondary N) is 2. The minimum absolute atomic E-state index is 0.180. The molecule has 3 heterocycles. The number of aromatic nitrogens is 3. The lowest BCUT2D eigenvalue weighted by molar-refractivity contribution is 0.102. The minimum Gasteiger partial charge on any atom is -0.493 e. The number of hydrogen-bond acceptors (Lipinski definition) is 10. The molecule has 5 aromatic rings. The number of carbonyl (C=O) groups excluding carboxylic acids is 1. The van der Waals surface area contributed by atoms with E-state index in [0.29, 0.717) is 34.6 Å². The average molecular weight is 598 g/mol. The van der Waals surface area contributed by atoms with Crippen molar-refractivity contribution in [3.05, 3.63) is 72.1 Å². The summed E-state index contributed by atoms with van der Waals surface area (Å²) in [6.45, 7) is 8.01. The van der Waals surface area contributed by atoms with Crippen LogP contribution in [0, 0.1) is 6.92 Å². The van der Waals surface area contributed by atoms with Gasteiger partial charge in [-0.3, -0.25) is 10.1 Å². The van der Waals surface area contributed by atoms with E-state index in [1.807, 2.05) is 55.5 Å². The predicted octanol–water partition coefficient (Wildman–Crippen LogP) is 5.57. The maximum absolute atomic E-state index is 12.7. The summed E-state index contributed by atoms with van der Waals surface area (Å²) in [5.74, 6) is 1.78. The normalized spacial score (nSPS) is 14.2. The van der Waals surface area contributed by atoms with Crippen molar-refractivity contribution in [3.63, 3.8) is 0 Å². The van der Waals surface area contributed by atoms with Crippen molar-refractivity contribution in [2.24, 2.45) is 0 Å². The first kappa shape index (κ1) is 28.8. The van der Waals surface area contributed by atoms with Gasteiger partial charge in [-0.15, -0.1) is 0 Å². The van der Waals surface area contributed by atoms with Crippen molar-refractivity contribution in [3.8, 4) is 11.5 Å². The van der Waals surface area contributed by atoms with E-state index < -0.39 is 0 Å². The number of ether oxygens (including phenoxy) is 2. The molecule has 0 aliphatic carbocycles. The molecule has 222 valence electrons. The second-order valence-electron chi connectivity index (χ2n) is 10.7. The predicted molar refractivity (Wildman–Crippen MR) is 172 cm³/mol. The van der Waals surface area contributed by atoms with Crippen LogP contribution in [0.15, 0.2) is 60.9 Å². The van der Waals surface area contributed by atoms with Gasteiger partial charge in [0.15, 0.2) is 16.6 Å². The summed E-state index contributed by atoms with van der Waals surface area (Å²) in [5, 5.41) is 7.71. The van der Waals surface area contributed by atoms with E-state index in [2.05, 4.69) is 42.4 Å². The fourth-order valence-corrected chi connectivity index (χ4v) is 6.03. The Morgan fingerprint density at radius 1 is 1.00 bits per heavy atom. The standard InChI is InChI=1S/C32H35N7O3S/c1-21-6-4-7-22(16-21)31(40)37-32-36-25-9-8-23(17-29(25)43-32)35-30-24-18-27(41-3)28(19-26(24)33-20-34-30)42-15-5-10-39-13-11-38(2)12-14-39/h4,6-9,16-20H,5,10-15H2,1-3H3,(H,33,34,35)(H,36,37,40). The number of thiazole rings is 1. The monoisotopic (exact) mass is 597 g/mol. The molecule has 0 unspecified atom stereocenters. The Balaban J connectivity index is 1.14. The number of likely N-dealkylation sites (N-methyl/N-ethyl adjacent to an activating group) is 1. The maximum Gasteiger partial charge on any atom is 0.257 e. The number of benzene rings is 3. The van der Waals surface area contributed by atoms with E-state index in [-0.39, 0.29) is 5.91 Å². The van der Waals surface area contributed by atoms with E-state index in [1.54, 1.807) is 19.5 Å². The highest BCUT2D eigenvalue weighted by Gasteiger charge is 2.16. The summed E-state index contributed by atoms with van der Waals surface area (Å²) in [7, 11) is 3.81. The number of rotatable bonds is 10. The van der Waals surface area contributed by atoms with E-state index in [4.69, 9.17) is 9.47 Å². The number of methoxy groups -OCH3 is 1. The molecule has 1 saturated heterocycles. The Kier molecular flexibility index (Phi) is 8.64. The number of piperazine rings is 1. The Hall–Kier alpha value is -4.32. The fourth-order valence-electron chi connectivity index (χ4n) is 5.13. The lowest BCUT2D eigenvalue weighted by atomic mass is 10.1. The Labute approximate surface area is 254 Å². The maximum atomic E-state index is 12.7. The first-order valence-corrected chi connectivity index (χ1v) is 15.2. The number of hydrogen-bond donors (Lipinski definition) is 2. The van der Waals surface area contributed by atoms with Crippen LogP contribution in [0.3, 0.4) is 0 Å². The van der Waals surface area contributed by atoms with Gasteiger partial charge in [-0.2, -0.15) is 0 Å². The summed E-state index contributed by atoms with van der Waals surface area (Å²) in [5.41, 5.74) is 4.04. The summed E-state index contributed by atoms with van der Waals surface area (Å²) in [6, 6.07) is 17.2. The zero-order valence-corrected chi connectivity index (χ0v) is 25.4. The molecule has 1 fully saturated rings. The molecule has 2 aromatic heterocycles. The topological polar surface area (TPSA) is 105 Å². The van der Waals surface area contributed by atoms with Crippen LogP contribution >= 0.6 is 11.3 Å². The van der Waals surface area contributed by atoms with Crippen LogP contribution in [-0.2, 0) is 0 Å². The highest BCUT2D eigenvalue weighted by molar-refractivity contribution is 7.22. The molecular weight excluding hydrogens is 562 g/mol. The molecule has 1 amide bonds. The van der Waals surface area contributed by atoms with Crippen molar-refractivity contribution in [2.45, 2.75) is 13.3 Å². The average Bonchev–Trinajstić information content (AvgIpc) is 3.41. The Bertz CT molecular complexity index is 1750. The van der Waals surface area contributed by atoms with Gasteiger partial charge in [0.1, 0.15) is 12.1 Å². The molecule has 0 radical (unpaired) electrons. The van der Waals surface area contributed by atoms with Crippen molar-refractivity contribution in [2.75, 3.05) is 64.1 Å². The van der Waals surface area contributed by atoms with Crippen molar-refractivity contribution in [1.82, 2.24) is 24.8 Å². The van der Waals surface area contributed by atoms with Crippen LogP contribution in [0.5, 0.6) is 11.5 Å². The zero-order chi connectivity index (χ0) is 29.8. The summed E-state index contributed by atoms with van der Waals surface area (Å²) < 4.78 is 12.8. The van der Waals surface area contributed by atoms with Gasteiger partial charge >= 0.3 is 0 Å². The smallest absolute Gasteiger partial charge is 0.257 e. The van der Waals surface area contributed by atoms with Gasteiger partial charge in [-0.05, 0) is 56.8 Å². The highest BCUT2D eigenvalue weighted by atomic mass is 32.1. The number of amides is 1. The third-order valence-corrected chi connectivity index (χ3v) is 8.48. The van der Waals surface area contributed by atoms with Gasteiger partial charge in [0.05, 0.1) is 29.5 Å². The molecule has 0 saturated carbocycles. The lowest BCUT2D eigenvalue weighted by Crippen LogP contribution is -2.44. The third kappa shape index (κ3) is 6.85. The Morgan fingerprint density at radius 2 is 1.86 bits per heavy atom. The SMILES string of the molecule is COc1cc2c(Nc3ccc4nc(NC(=O)c5cccc(C)c5)sc4c3)ncnc2cc1OCCCN1CCN(C)CC1. The van der Waals surface area contributed by atoms with Gasteiger partial charge in [-0.1, -0.05) is 29.0 Å². The largest absolute Gasteiger partial charge is 0.493 e. The van der Waals surface area contributed by atoms with Crippen molar-refractivity contribution < 1.29 is 14.3 Å². The molecular formula is C32H35N7O3S. The highest BCUT2D eigenvalue weighted by Crippen LogP contribution is 2.36. The second-order valence-corrected chi connectivity index (χ2v) is 11.8. The van der Waals surface area contributed by atoms with Crippen LogP contribution in [0.1, 0.15) is 22.3 Å². The van der Waals surface area contributed by atoms with Gasteiger partial charge in [-0.25, -0.2) is 15.0 Å². The van der Waals surface area contributed by atoms with Gasteiger partial charge in [0.2, 0.25) is 0 Å². The first-order valence-electron chi connectivity index (χ1n) is 14.4. The second kappa shape index (κ2) is 12.9. The summed E-state index contributed by atoms with van der Waals surface area (Å²) in [6.07, 6.45) is 2.48. The molecule has 1 aliphatic rings. The van der Waals surface area contributed by atoms with E-state index in [0.717, 1.165) is 71.5 Å². The van der Waals surface area contributed by atoms with E-state index in [9.17, 15) is 4.79 Å². The minimum atomic E-state index is -0.180. The molecule has 3 aromatic carbocycles. The van der Waals surface area contributed by atoms with Crippen LogP contribution in [0.2, 0.25) is 0 Å². The third-order valence-electron chi connectivity index (χ3n) is 7.54. The zero-order valence-electron chi connectivity index (χ0n) is 24.6. The molecule has 1 aliphatic heterocycles. The fraction of sp³-hybridized carbons (Fsp3) is 0.312. The summed E-state index contributed by atoms with van der Waals surface area (Å²) >= 11 is 1.42. The quantitative estimate of drug-likeness (QED) is 0.200. The van der Waals surface area contributed by atoms with Crippen LogP contribution in [0.4, 0.5) is 16.6 Å². The van der Waals surface area contributed by atoms with E-state index >= 15 is 0 Å². The molecule has 0 spiro atoms. The van der Waals surface area contributed by atoms with Crippen LogP contribution in [0.25, 0.3) is 21.1 Å². The van der Waals surface area contributed by atoms with Gasteiger partial charge < -0.3 is 24.6 Å². The molecule has 6 rings (SSSR count). The Morgan fingerprint density at radius 3 is 2.67 bits per heavy atom. The lowest BCUT2D eigenvalue weighted by Gasteiger charge is -2.32. The van der Waals surface area contributed by atoms with Gasteiger partial charge in [0.25, 0.3) is 5.91 Å². The van der Waals surface area contributed by atoms with Gasteiger partial charge in [0, 0.05) is 55.4 Å². The van der Waals surface area contributed by atoms with Crippen LogP contribution < -0.4 is 20.1 Å². The number of nitrogens with zero attached hydrogens (tertiary/aromatic N) is 5. The summed E-state index contributed by atoms with van der Waals surface area (Å²) in [4.78, 5) is 31.1. The molecule has 0 atom stereocenters. The first-order chi connectivity index (χ1) is 20.9. The molecule has 11 heteroatoms. The molecule has 10 nitrogen and oxygen atoms in total. The molecule has 2 N–H and O–H groups in total. The van der Waals surface area contributed by atoms with Crippen molar-refractivity contribution in [1.29, 1.82) is 0 Å². The van der Waals surface area contributed by atoms with Crippen LogP contribution in [-0.4, -0.2) is 84.1 Å². The van der Waals surface area contributed by atoms with Crippen molar-refractivity contribution >= 4 is 55.0 Å². The number of anilines is 3. The van der Waals surface area contributed by atoms with E-state index in [1.165, 1.54) is 11.3 Å². The number of fused-ring (bicyclic) bond motifs is 2. The molecule has 43 heavy (non-hydrogen) atoms.